The van der Waals surface area contributed by atoms with Gasteiger partial charge in [-0.25, -0.2) is 0 Å². The maximum atomic E-state index is 9.98. The van der Waals surface area contributed by atoms with Crippen LogP contribution in [-0.2, 0) is 0 Å². The van der Waals surface area contributed by atoms with Gasteiger partial charge in [0.25, 0.3) is 0 Å². The van der Waals surface area contributed by atoms with Crippen molar-refractivity contribution in [2.24, 2.45) is 5.92 Å². The van der Waals surface area contributed by atoms with E-state index in [-0.39, 0.29) is 18.3 Å². The molecule has 1 aromatic rings. The predicted molar refractivity (Wildman–Crippen MR) is 65.2 cm³/mol. The molecule has 1 fully saturated rings. The van der Waals surface area contributed by atoms with E-state index < -0.39 is 6.10 Å². The van der Waals surface area contributed by atoms with Gasteiger partial charge in [-0.05, 0) is 32.1 Å². The third-order valence-electron chi connectivity index (χ3n) is 3.21. The minimum atomic E-state index is -0.442. The molecule has 0 spiro atoms. The molecule has 0 aliphatic carbocycles. The van der Waals surface area contributed by atoms with Crippen LogP contribution in [0.3, 0.4) is 0 Å². The average Bonchev–Trinajstić information content (AvgIpc) is 2.73. The fourth-order valence-corrected chi connectivity index (χ4v) is 2.17. The van der Waals surface area contributed by atoms with Crippen molar-refractivity contribution in [2.75, 3.05) is 26.7 Å². The molecule has 4 nitrogen and oxygen atoms in total. The van der Waals surface area contributed by atoms with E-state index in [2.05, 4.69) is 11.9 Å². The summed E-state index contributed by atoms with van der Waals surface area (Å²) in [5.41, 5.74) is 0. The fourth-order valence-electron chi connectivity index (χ4n) is 2.17. The lowest BCUT2D eigenvalue weighted by Gasteiger charge is -2.18. The summed E-state index contributed by atoms with van der Waals surface area (Å²) >= 11 is 0. The summed E-state index contributed by atoms with van der Waals surface area (Å²) in [6, 6.07) is 6.64. The van der Waals surface area contributed by atoms with Crippen LogP contribution >= 0.6 is 0 Å². The molecule has 1 aliphatic rings. The van der Waals surface area contributed by atoms with Gasteiger partial charge in [-0.1, -0.05) is 6.07 Å². The molecule has 4 heteroatoms. The highest BCUT2D eigenvalue weighted by molar-refractivity contribution is 5.31. The van der Waals surface area contributed by atoms with Crippen molar-refractivity contribution in [1.29, 1.82) is 0 Å². The van der Waals surface area contributed by atoms with Crippen LogP contribution in [0, 0.1) is 5.92 Å². The van der Waals surface area contributed by atoms with Gasteiger partial charge in [0.2, 0.25) is 0 Å². The van der Waals surface area contributed by atoms with Gasteiger partial charge in [-0.15, -0.1) is 0 Å². The molecular weight excluding hydrogens is 218 g/mol. The van der Waals surface area contributed by atoms with Gasteiger partial charge in [0.15, 0.2) is 0 Å². The quantitative estimate of drug-likeness (QED) is 0.823. The van der Waals surface area contributed by atoms with Gasteiger partial charge in [-0.3, -0.25) is 0 Å². The van der Waals surface area contributed by atoms with E-state index in [1.54, 1.807) is 24.3 Å². The smallest absolute Gasteiger partial charge is 0.123 e. The Balaban J connectivity index is 1.81. The van der Waals surface area contributed by atoms with Gasteiger partial charge < -0.3 is 19.8 Å². The second kappa shape index (κ2) is 5.38. The topological polar surface area (TPSA) is 52.9 Å². The van der Waals surface area contributed by atoms with E-state index in [4.69, 9.17) is 4.74 Å². The molecule has 0 saturated carbocycles. The molecule has 0 amide bonds. The van der Waals surface area contributed by atoms with Crippen molar-refractivity contribution < 1.29 is 14.9 Å². The Hall–Kier alpha value is -1.26. The van der Waals surface area contributed by atoms with Crippen molar-refractivity contribution in [3.63, 3.8) is 0 Å². The average molecular weight is 237 g/mol. The van der Waals surface area contributed by atoms with E-state index >= 15 is 0 Å². The highest BCUT2D eigenvalue weighted by Crippen LogP contribution is 2.21. The predicted octanol–water partition coefficient (Wildman–Crippen LogP) is 1.08. The SMILES string of the molecule is CN1CCC(C(O)COc2cccc(O)c2)C1. The molecule has 1 aromatic carbocycles. The van der Waals surface area contributed by atoms with Crippen LogP contribution in [0.1, 0.15) is 6.42 Å². The van der Waals surface area contributed by atoms with Crippen molar-refractivity contribution in [2.45, 2.75) is 12.5 Å². The molecule has 94 valence electrons. The Kier molecular flexibility index (Phi) is 3.86. The fraction of sp³-hybridized carbons (Fsp3) is 0.538. The number of aliphatic hydroxyl groups excluding tert-OH is 1. The number of phenolic OH excluding ortho intramolecular Hbond substituents is 1. The van der Waals surface area contributed by atoms with Crippen LogP contribution in [0.4, 0.5) is 0 Å². The van der Waals surface area contributed by atoms with Gasteiger partial charge in [-0.2, -0.15) is 0 Å². The second-order valence-electron chi connectivity index (χ2n) is 4.69. The maximum Gasteiger partial charge on any atom is 0.123 e. The number of aromatic hydroxyl groups is 1. The summed E-state index contributed by atoms with van der Waals surface area (Å²) in [7, 11) is 2.06. The number of nitrogens with zero attached hydrogens (tertiary/aromatic N) is 1. The molecule has 17 heavy (non-hydrogen) atoms. The largest absolute Gasteiger partial charge is 0.508 e. The number of ether oxygens (including phenoxy) is 1. The minimum absolute atomic E-state index is 0.178. The lowest BCUT2D eigenvalue weighted by Crippen LogP contribution is -2.29. The lowest BCUT2D eigenvalue weighted by molar-refractivity contribution is 0.0606. The number of aliphatic hydroxyl groups is 1. The molecule has 1 saturated heterocycles. The van der Waals surface area contributed by atoms with Crippen molar-refractivity contribution in [3.8, 4) is 11.5 Å². The molecule has 2 unspecified atom stereocenters. The van der Waals surface area contributed by atoms with E-state index in [0.29, 0.717) is 5.75 Å². The summed E-state index contributed by atoms with van der Waals surface area (Å²) < 4.78 is 5.47. The Morgan fingerprint density at radius 1 is 1.53 bits per heavy atom. The first kappa shape index (κ1) is 12.2. The number of hydrogen-bond acceptors (Lipinski definition) is 4. The molecule has 1 aliphatic heterocycles. The van der Waals surface area contributed by atoms with E-state index in [0.717, 1.165) is 19.5 Å². The first-order valence-electron chi connectivity index (χ1n) is 5.93. The number of rotatable bonds is 4. The highest BCUT2D eigenvalue weighted by atomic mass is 16.5. The lowest BCUT2D eigenvalue weighted by atomic mass is 10.0. The van der Waals surface area contributed by atoms with Gasteiger partial charge in [0, 0.05) is 18.5 Å². The van der Waals surface area contributed by atoms with Crippen LogP contribution in [0.25, 0.3) is 0 Å². The van der Waals surface area contributed by atoms with Gasteiger partial charge in [0.05, 0.1) is 6.10 Å². The van der Waals surface area contributed by atoms with Crippen molar-refractivity contribution >= 4 is 0 Å². The highest BCUT2D eigenvalue weighted by Gasteiger charge is 2.26. The number of hydrogen-bond donors (Lipinski definition) is 2. The van der Waals surface area contributed by atoms with Crippen molar-refractivity contribution in [1.82, 2.24) is 4.90 Å². The molecule has 2 atom stereocenters. The van der Waals surface area contributed by atoms with E-state index in [1.807, 2.05) is 0 Å². The molecular formula is C13H19NO3. The maximum absolute atomic E-state index is 9.98. The normalized spacial score (nSPS) is 22.6. The first-order chi connectivity index (χ1) is 8.15. The zero-order valence-electron chi connectivity index (χ0n) is 10.0. The zero-order valence-corrected chi connectivity index (χ0v) is 10.0. The van der Waals surface area contributed by atoms with Gasteiger partial charge in [0.1, 0.15) is 18.1 Å². The van der Waals surface area contributed by atoms with E-state index in [9.17, 15) is 10.2 Å². The second-order valence-corrected chi connectivity index (χ2v) is 4.69. The molecule has 2 N–H and O–H groups in total. The van der Waals surface area contributed by atoms with Crippen LogP contribution in [0.5, 0.6) is 11.5 Å². The molecule has 0 aromatic heterocycles. The number of phenols is 1. The Morgan fingerprint density at radius 2 is 2.35 bits per heavy atom. The Bertz CT molecular complexity index is 369. The van der Waals surface area contributed by atoms with Crippen LogP contribution < -0.4 is 4.74 Å². The molecule has 0 bridgehead atoms. The summed E-state index contributed by atoms with van der Waals surface area (Å²) in [6.07, 6.45) is 0.573. The summed E-state index contributed by atoms with van der Waals surface area (Å²) in [5, 5.41) is 19.3. The van der Waals surface area contributed by atoms with E-state index in [1.165, 1.54) is 0 Å². The van der Waals surface area contributed by atoms with Crippen LogP contribution in [-0.4, -0.2) is 48.0 Å². The van der Waals surface area contributed by atoms with Crippen LogP contribution in [0.15, 0.2) is 24.3 Å². The Morgan fingerprint density at radius 3 is 3.00 bits per heavy atom. The molecule has 0 radical (unpaired) electrons. The summed E-state index contributed by atoms with van der Waals surface area (Å²) in [5.74, 6) is 1.06. The number of benzene rings is 1. The first-order valence-corrected chi connectivity index (χ1v) is 5.93. The molecule has 2 rings (SSSR count). The summed E-state index contributed by atoms with van der Waals surface area (Å²) in [6.45, 7) is 2.24. The minimum Gasteiger partial charge on any atom is -0.508 e. The van der Waals surface area contributed by atoms with Crippen molar-refractivity contribution in [3.05, 3.63) is 24.3 Å². The monoisotopic (exact) mass is 237 g/mol. The zero-order chi connectivity index (χ0) is 12.3. The number of likely N-dealkylation sites (tertiary alicyclic amines) is 1. The summed E-state index contributed by atoms with van der Waals surface area (Å²) in [4.78, 5) is 2.21. The van der Waals surface area contributed by atoms with Gasteiger partial charge >= 0.3 is 0 Å². The third-order valence-corrected chi connectivity index (χ3v) is 3.21. The standard InChI is InChI=1S/C13H19NO3/c1-14-6-5-10(8-14)13(16)9-17-12-4-2-3-11(15)7-12/h2-4,7,10,13,15-16H,5-6,8-9H2,1H3. The Labute approximate surface area is 101 Å². The third kappa shape index (κ3) is 3.35. The van der Waals surface area contributed by atoms with Crippen LogP contribution in [0.2, 0.25) is 0 Å². The molecule has 1 heterocycles.